The third-order valence-electron chi connectivity index (χ3n) is 3.10. The van der Waals surface area contributed by atoms with Gasteiger partial charge in [0, 0.05) is 18.3 Å². The van der Waals surface area contributed by atoms with Crippen molar-refractivity contribution >= 4 is 23.8 Å². The van der Waals surface area contributed by atoms with Crippen molar-refractivity contribution in [1.82, 2.24) is 0 Å². The highest BCUT2D eigenvalue weighted by atomic mass is 35.5. The predicted octanol–water partition coefficient (Wildman–Crippen LogP) is 2.05. The van der Waals surface area contributed by atoms with E-state index in [4.69, 9.17) is 10.5 Å². The van der Waals surface area contributed by atoms with Crippen LogP contribution >= 0.6 is 12.4 Å². The monoisotopic (exact) mass is 226 g/mol. The molecule has 15 heavy (non-hydrogen) atoms. The summed E-state index contributed by atoms with van der Waals surface area (Å²) in [5, 5.41) is 0. The number of nitrogens with zero attached hydrogens (tertiary/aromatic N) is 1. The lowest BCUT2D eigenvalue weighted by Crippen LogP contribution is -2.38. The van der Waals surface area contributed by atoms with Gasteiger partial charge < -0.3 is 15.4 Å². The van der Waals surface area contributed by atoms with Gasteiger partial charge in [0.25, 0.3) is 0 Å². The van der Waals surface area contributed by atoms with E-state index in [9.17, 15) is 0 Å². The Balaban J connectivity index is 0.000000853. The number of anilines is 2. The molecule has 0 radical (unpaired) electrons. The summed E-state index contributed by atoms with van der Waals surface area (Å²) in [6.07, 6.45) is 2.53. The predicted molar refractivity (Wildman–Crippen MR) is 64.0 cm³/mol. The molecule has 1 saturated heterocycles. The van der Waals surface area contributed by atoms with Crippen LogP contribution in [-0.4, -0.2) is 19.2 Å². The topological polar surface area (TPSA) is 38.5 Å². The van der Waals surface area contributed by atoms with Gasteiger partial charge in [-0.2, -0.15) is 0 Å². The molecule has 1 atom stereocenters. The Hall–Kier alpha value is -1.09. The second-order valence-corrected chi connectivity index (χ2v) is 4.03. The molecule has 0 aliphatic carbocycles. The van der Waals surface area contributed by atoms with E-state index in [1.54, 1.807) is 0 Å². The summed E-state index contributed by atoms with van der Waals surface area (Å²) in [6, 6.07) is 6.53. The third kappa shape index (κ3) is 1.61. The highest BCUT2D eigenvalue weighted by molar-refractivity contribution is 5.85. The van der Waals surface area contributed by atoms with Gasteiger partial charge in [-0.15, -0.1) is 12.4 Å². The fraction of sp³-hybridized carbons (Fsp3) is 0.455. The number of fused-ring (bicyclic) bond motifs is 3. The maximum absolute atomic E-state index is 5.72. The fourth-order valence-electron chi connectivity index (χ4n) is 2.40. The van der Waals surface area contributed by atoms with Crippen molar-refractivity contribution in [2.45, 2.75) is 18.9 Å². The SMILES string of the molecule is Cl.Nc1ccc2c(c1)OCC1CCCN21. The number of ether oxygens (including phenoxy) is 1. The molecule has 1 aromatic rings. The summed E-state index contributed by atoms with van der Waals surface area (Å²) in [7, 11) is 0. The minimum absolute atomic E-state index is 0. The molecule has 0 aromatic heterocycles. The van der Waals surface area contributed by atoms with Gasteiger partial charge in [-0.3, -0.25) is 0 Å². The summed E-state index contributed by atoms with van der Waals surface area (Å²) < 4.78 is 5.70. The summed E-state index contributed by atoms with van der Waals surface area (Å²) in [5.74, 6) is 0.947. The highest BCUT2D eigenvalue weighted by Crippen LogP contribution is 2.38. The van der Waals surface area contributed by atoms with E-state index in [2.05, 4.69) is 11.0 Å². The second-order valence-electron chi connectivity index (χ2n) is 4.03. The second kappa shape index (κ2) is 3.81. The lowest BCUT2D eigenvalue weighted by molar-refractivity contribution is 0.272. The zero-order chi connectivity index (χ0) is 9.54. The average Bonchev–Trinajstić information content (AvgIpc) is 2.65. The van der Waals surface area contributed by atoms with Gasteiger partial charge >= 0.3 is 0 Å². The van der Waals surface area contributed by atoms with Crippen LogP contribution in [0.5, 0.6) is 5.75 Å². The van der Waals surface area contributed by atoms with Crippen molar-refractivity contribution in [3.8, 4) is 5.75 Å². The van der Waals surface area contributed by atoms with Gasteiger partial charge in [-0.25, -0.2) is 0 Å². The Kier molecular flexibility index (Phi) is 2.65. The van der Waals surface area contributed by atoms with Gasteiger partial charge in [0.1, 0.15) is 12.4 Å². The molecule has 0 saturated carbocycles. The molecule has 2 heterocycles. The first-order valence-electron chi connectivity index (χ1n) is 5.13. The number of halogens is 1. The molecular formula is C11H15ClN2O. The van der Waals surface area contributed by atoms with Crippen molar-refractivity contribution in [1.29, 1.82) is 0 Å². The first kappa shape index (κ1) is 10.4. The van der Waals surface area contributed by atoms with Crippen molar-refractivity contribution in [2.75, 3.05) is 23.8 Å². The minimum Gasteiger partial charge on any atom is -0.489 e. The van der Waals surface area contributed by atoms with Crippen LogP contribution in [-0.2, 0) is 0 Å². The van der Waals surface area contributed by atoms with Crippen LogP contribution in [0.4, 0.5) is 11.4 Å². The van der Waals surface area contributed by atoms with E-state index in [-0.39, 0.29) is 12.4 Å². The molecule has 2 aliphatic rings. The molecule has 4 heteroatoms. The summed E-state index contributed by atoms with van der Waals surface area (Å²) in [4.78, 5) is 2.44. The quantitative estimate of drug-likeness (QED) is 0.689. The van der Waals surface area contributed by atoms with Gasteiger partial charge in [-0.1, -0.05) is 0 Å². The molecule has 82 valence electrons. The number of hydrogen-bond donors (Lipinski definition) is 1. The Labute approximate surface area is 95.6 Å². The van der Waals surface area contributed by atoms with Gasteiger partial charge in [0.2, 0.25) is 0 Å². The summed E-state index contributed by atoms with van der Waals surface area (Å²) >= 11 is 0. The van der Waals surface area contributed by atoms with E-state index in [0.29, 0.717) is 6.04 Å². The Morgan fingerprint density at radius 3 is 3.13 bits per heavy atom. The molecule has 0 amide bonds. The van der Waals surface area contributed by atoms with Crippen molar-refractivity contribution < 1.29 is 4.74 Å². The Bertz CT molecular complexity index is 370. The molecule has 2 aliphatic heterocycles. The highest BCUT2D eigenvalue weighted by Gasteiger charge is 2.31. The fourth-order valence-corrected chi connectivity index (χ4v) is 2.40. The van der Waals surface area contributed by atoms with Crippen LogP contribution in [0, 0.1) is 0 Å². The number of rotatable bonds is 0. The third-order valence-corrected chi connectivity index (χ3v) is 3.10. The number of hydrogen-bond acceptors (Lipinski definition) is 3. The van der Waals surface area contributed by atoms with Gasteiger partial charge in [-0.05, 0) is 25.0 Å². The van der Waals surface area contributed by atoms with Gasteiger partial charge in [0.05, 0.1) is 11.7 Å². The van der Waals surface area contributed by atoms with Crippen LogP contribution in [0.25, 0.3) is 0 Å². The standard InChI is InChI=1S/C11H14N2O.ClH/c12-8-3-4-10-11(6-8)14-7-9-2-1-5-13(9)10;/h3-4,6,9H,1-2,5,7,12H2;1H. The normalized spacial score (nSPS) is 22.4. The first-order chi connectivity index (χ1) is 6.84. The molecule has 2 N–H and O–H groups in total. The zero-order valence-electron chi connectivity index (χ0n) is 8.48. The van der Waals surface area contributed by atoms with E-state index >= 15 is 0 Å². The smallest absolute Gasteiger partial charge is 0.144 e. The zero-order valence-corrected chi connectivity index (χ0v) is 9.30. The molecular weight excluding hydrogens is 212 g/mol. The molecule has 3 rings (SSSR count). The van der Waals surface area contributed by atoms with E-state index in [1.807, 2.05) is 12.1 Å². The molecule has 1 fully saturated rings. The lowest BCUT2D eigenvalue weighted by atomic mass is 10.1. The Morgan fingerprint density at radius 2 is 2.27 bits per heavy atom. The number of benzene rings is 1. The van der Waals surface area contributed by atoms with Crippen LogP contribution in [0.2, 0.25) is 0 Å². The van der Waals surface area contributed by atoms with E-state index in [0.717, 1.165) is 24.6 Å². The summed E-state index contributed by atoms with van der Waals surface area (Å²) in [5.41, 5.74) is 7.72. The number of nitrogen functional groups attached to an aromatic ring is 1. The lowest BCUT2D eigenvalue weighted by Gasteiger charge is -2.33. The summed E-state index contributed by atoms with van der Waals surface area (Å²) in [6.45, 7) is 1.97. The van der Waals surface area contributed by atoms with Crippen LogP contribution in [0.3, 0.4) is 0 Å². The minimum atomic E-state index is 0. The molecule has 0 spiro atoms. The van der Waals surface area contributed by atoms with Crippen LogP contribution in [0.15, 0.2) is 18.2 Å². The maximum Gasteiger partial charge on any atom is 0.144 e. The molecule has 0 bridgehead atoms. The molecule has 1 aromatic carbocycles. The Morgan fingerprint density at radius 1 is 1.40 bits per heavy atom. The van der Waals surface area contributed by atoms with Crippen molar-refractivity contribution in [2.24, 2.45) is 0 Å². The van der Waals surface area contributed by atoms with E-state index in [1.165, 1.54) is 18.5 Å². The maximum atomic E-state index is 5.72. The van der Waals surface area contributed by atoms with Gasteiger partial charge in [0.15, 0.2) is 0 Å². The molecule has 3 nitrogen and oxygen atoms in total. The molecule has 1 unspecified atom stereocenters. The number of nitrogens with two attached hydrogens (primary N) is 1. The van der Waals surface area contributed by atoms with E-state index < -0.39 is 0 Å². The average molecular weight is 227 g/mol. The van der Waals surface area contributed by atoms with Crippen LogP contribution < -0.4 is 15.4 Å². The van der Waals surface area contributed by atoms with Crippen LogP contribution in [0.1, 0.15) is 12.8 Å². The largest absolute Gasteiger partial charge is 0.489 e. The first-order valence-corrected chi connectivity index (χ1v) is 5.13. The van der Waals surface area contributed by atoms with Crippen molar-refractivity contribution in [3.63, 3.8) is 0 Å². The van der Waals surface area contributed by atoms with Crippen molar-refractivity contribution in [3.05, 3.63) is 18.2 Å².